The van der Waals surface area contributed by atoms with Crippen LogP contribution >= 0.6 is 11.6 Å². The van der Waals surface area contributed by atoms with Crippen LogP contribution in [0.15, 0.2) is 11.2 Å². The van der Waals surface area contributed by atoms with E-state index in [1.54, 1.807) is 0 Å². The maximum atomic E-state index is 12.5. The van der Waals surface area contributed by atoms with Gasteiger partial charge in [-0.25, -0.2) is 8.42 Å². The minimum Gasteiger partial charge on any atom is -0.266 e. The minimum absolute atomic E-state index is 0.138. The highest BCUT2D eigenvalue weighted by Crippen LogP contribution is 2.29. The Kier molecular flexibility index (Phi) is 4.29. The quantitative estimate of drug-likeness (QED) is 0.815. The molecular formula is C11H18ClN3O2S. The summed E-state index contributed by atoms with van der Waals surface area (Å²) in [7, 11) is -3.49. The molecule has 1 aromatic rings. The molecule has 1 aliphatic carbocycles. The Morgan fingerprint density at radius 3 is 2.78 bits per heavy atom. The standard InChI is InChI=1S/C11H18ClN3O2S/c1-2-15(8-9-4-3-5-9)18(16,17)11-10(6-12)7-13-14-11/h7,9H,2-6,8H2,1H3,(H,13,14). The molecule has 0 bridgehead atoms. The van der Waals surface area contributed by atoms with Crippen molar-refractivity contribution in [3.63, 3.8) is 0 Å². The lowest BCUT2D eigenvalue weighted by Gasteiger charge is -2.30. The number of hydrogen-bond donors (Lipinski definition) is 1. The van der Waals surface area contributed by atoms with E-state index in [9.17, 15) is 8.42 Å². The molecule has 1 aromatic heterocycles. The summed E-state index contributed by atoms with van der Waals surface area (Å²) in [6.07, 6.45) is 4.92. The fraction of sp³-hybridized carbons (Fsp3) is 0.727. The molecule has 2 rings (SSSR count). The van der Waals surface area contributed by atoms with Gasteiger partial charge in [-0.3, -0.25) is 5.10 Å². The first-order chi connectivity index (χ1) is 8.59. The van der Waals surface area contributed by atoms with Crippen molar-refractivity contribution in [2.45, 2.75) is 37.1 Å². The summed E-state index contributed by atoms with van der Waals surface area (Å²) in [5.41, 5.74) is 0.531. The van der Waals surface area contributed by atoms with Crippen LogP contribution in [-0.4, -0.2) is 36.0 Å². The van der Waals surface area contributed by atoms with Gasteiger partial charge in [0.2, 0.25) is 0 Å². The van der Waals surface area contributed by atoms with Crippen LogP contribution in [0.5, 0.6) is 0 Å². The summed E-state index contributed by atoms with van der Waals surface area (Å²) in [4.78, 5) is 0. The molecule has 1 heterocycles. The molecule has 0 spiro atoms. The Morgan fingerprint density at radius 1 is 1.56 bits per heavy atom. The molecule has 0 amide bonds. The smallest absolute Gasteiger partial charge is 0.260 e. The Labute approximate surface area is 113 Å². The van der Waals surface area contributed by atoms with E-state index in [0.29, 0.717) is 24.6 Å². The highest BCUT2D eigenvalue weighted by atomic mass is 35.5. The number of nitrogens with one attached hydrogen (secondary N) is 1. The number of aromatic nitrogens is 2. The molecule has 0 radical (unpaired) electrons. The third-order valence-corrected chi connectivity index (χ3v) is 5.70. The summed E-state index contributed by atoms with van der Waals surface area (Å²) in [6.45, 7) is 2.92. The van der Waals surface area contributed by atoms with Gasteiger partial charge in [-0.15, -0.1) is 11.6 Å². The van der Waals surface area contributed by atoms with E-state index in [0.717, 1.165) is 12.8 Å². The van der Waals surface area contributed by atoms with Gasteiger partial charge >= 0.3 is 0 Å². The van der Waals surface area contributed by atoms with Gasteiger partial charge in [-0.05, 0) is 18.8 Å². The average molecular weight is 292 g/mol. The van der Waals surface area contributed by atoms with Crippen molar-refractivity contribution in [1.29, 1.82) is 0 Å². The number of hydrogen-bond acceptors (Lipinski definition) is 3. The number of sulfonamides is 1. The van der Waals surface area contributed by atoms with Crippen molar-refractivity contribution in [2.24, 2.45) is 5.92 Å². The summed E-state index contributed by atoms with van der Waals surface area (Å²) in [5.74, 6) is 0.647. The van der Waals surface area contributed by atoms with Crippen molar-refractivity contribution in [3.05, 3.63) is 11.8 Å². The van der Waals surface area contributed by atoms with Crippen LogP contribution in [0.3, 0.4) is 0 Å². The molecule has 1 aliphatic rings. The third kappa shape index (κ3) is 2.55. The number of rotatable bonds is 6. The number of halogens is 1. The molecule has 0 aliphatic heterocycles. The van der Waals surface area contributed by atoms with Crippen LogP contribution in [0.1, 0.15) is 31.7 Å². The molecule has 0 atom stereocenters. The summed E-state index contributed by atoms with van der Waals surface area (Å²) < 4.78 is 26.5. The zero-order valence-electron chi connectivity index (χ0n) is 10.4. The van der Waals surface area contributed by atoms with Crippen molar-refractivity contribution in [3.8, 4) is 0 Å². The normalized spacial score (nSPS) is 17.1. The van der Waals surface area contributed by atoms with Gasteiger partial charge in [0.15, 0.2) is 5.03 Å². The molecule has 1 N–H and O–H groups in total. The van der Waals surface area contributed by atoms with Crippen LogP contribution < -0.4 is 0 Å². The van der Waals surface area contributed by atoms with E-state index >= 15 is 0 Å². The number of alkyl halides is 1. The number of H-pyrrole nitrogens is 1. The molecule has 0 unspecified atom stereocenters. The number of aromatic amines is 1. The van der Waals surface area contributed by atoms with E-state index in [4.69, 9.17) is 11.6 Å². The van der Waals surface area contributed by atoms with E-state index in [1.807, 2.05) is 6.92 Å². The largest absolute Gasteiger partial charge is 0.266 e. The van der Waals surface area contributed by atoms with Gasteiger partial charge in [-0.2, -0.15) is 9.40 Å². The topological polar surface area (TPSA) is 66.1 Å². The Hall–Kier alpha value is -0.590. The average Bonchev–Trinajstić information content (AvgIpc) is 2.76. The van der Waals surface area contributed by atoms with Gasteiger partial charge in [0.25, 0.3) is 10.0 Å². The first-order valence-corrected chi connectivity index (χ1v) is 8.15. The number of nitrogens with zero attached hydrogens (tertiary/aromatic N) is 2. The fourth-order valence-electron chi connectivity index (χ4n) is 2.11. The minimum atomic E-state index is -3.49. The van der Waals surface area contributed by atoms with Crippen molar-refractivity contribution < 1.29 is 8.42 Å². The van der Waals surface area contributed by atoms with E-state index in [-0.39, 0.29) is 10.9 Å². The highest BCUT2D eigenvalue weighted by molar-refractivity contribution is 7.89. The summed E-state index contributed by atoms with van der Waals surface area (Å²) >= 11 is 5.73. The first-order valence-electron chi connectivity index (χ1n) is 6.18. The van der Waals surface area contributed by atoms with Crippen LogP contribution in [0.2, 0.25) is 0 Å². The molecule has 0 aromatic carbocycles. The van der Waals surface area contributed by atoms with E-state index in [2.05, 4.69) is 10.2 Å². The predicted octanol–water partition coefficient (Wildman–Crippen LogP) is 1.96. The van der Waals surface area contributed by atoms with Crippen molar-refractivity contribution in [1.82, 2.24) is 14.5 Å². The van der Waals surface area contributed by atoms with Gasteiger partial charge < -0.3 is 0 Å². The van der Waals surface area contributed by atoms with Crippen molar-refractivity contribution in [2.75, 3.05) is 13.1 Å². The second-order valence-electron chi connectivity index (χ2n) is 4.61. The van der Waals surface area contributed by atoms with E-state index in [1.165, 1.54) is 16.9 Å². The zero-order valence-corrected chi connectivity index (χ0v) is 12.0. The van der Waals surface area contributed by atoms with Crippen molar-refractivity contribution >= 4 is 21.6 Å². The maximum absolute atomic E-state index is 12.5. The second kappa shape index (κ2) is 5.59. The molecule has 7 heteroatoms. The Bertz CT molecular complexity index is 496. The SMILES string of the molecule is CCN(CC1CCC1)S(=O)(=O)c1[nH]ncc1CCl. The van der Waals surface area contributed by atoms with Gasteiger partial charge in [0, 0.05) is 18.7 Å². The summed E-state index contributed by atoms with van der Waals surface area (Å²) in [6, 6.07) is 0. The Balaban J connectivity index is 2.21. The van der Waals surface area contributed by atoms with Gasteiger partial charge in [-0.1, -0.05) is 13.3 Å². The van der Waals surface area contributed by atoms with Crippen LogP contribution in [-0.2, 0) is 15.9 Å². The van der Waals surface area contributed by atoms with E-state index < -0.39 is 10.0 Å². The highest BCUT2D eigenvalue weighted by Gasteiger charge is 2.31. The fourth-order valence-corrected chi connectivity index (χ4v) is 4.02. The maximum Gasteiger partial charge on any atom is 0.260 e. The lowest BCUT2D eigenvalue weighted by atomic mass is 9.85. The summed E-state index contributed by atoms with van der Waals surface area (Å²) in [5, 5.41) is 6.47. The van der Waals surface area contributed by atoms with Crippen LogP contribution in [0.25, 0.3) is 0 Å². The first kappa shape index (κ1) is 13.8. The lowest BCUT2D eigenvalue weighted by molar-refractivity contribution is 0.249. The third-order valence-electron chi connectivity index (χ3n) is 3.46. The zero-order chi connectivity index (χ0) is 13.2. The molecule has 18 heavy (non-hydrogen) atoms. The van der Waals surface area contributed by atoms with Gasteiger partial charge in [0.1, 0.15) is 0 Å². The van der Waals surface area contributed by atoms with Crippen LogP contribution in [0.4, 0.5) is 0 Å². The predicted molar refractivity (Wildman–Crippen MR) is 69.9 cm³/mol. The molecule has 1 fully saturated rings. The van der Waals surface area contributed by atoms with Crippen LogP contribution in [0, 0.1) is 5.92 Å². The Morgan fingerprint density at radius 2 is 2.28 bits per heavy atom. The molecule has 1 saturated carbocycles. The molecule has 0 saturated heterocycles. The monoisotopic (exact) mass is 291 g/mol. The molecule has 102 valence electrons. The lowest BCUT2D eigenvalue weighted by Crippen LogP contribution is -2.37. The van der Waals surface area contributed by atoms with Gasteiger partial charge in [0.05, 0.1) is 12.1 Å². The molecular weight excluding hydrogens is 274 g/mol. The second-order valence-corrected chi connectivity index (χ2v) is 6.75. The molecule has 5 nitrogen and oxygen atoms in total.